The third-order valence-electron chi connectivity index (χ3n) is 6.55. The second-order valence-corrected chi connectivity index (χ2v) is 12.2. The van der Waals surface area contributed by atoms with E-state index in [2.05, 4.69) is 71.5 Å². The third kappa shape index (κ3) is 3.36. The molecular weight excluding hydrogens is 388 g/mol. The summed E-state index contributed by atoms with van der Waals surface area (Å²) in [6.07, 6.45) is 2.06. The minimum absolute atomic E-state index is 0.163. The molecule has 4 heteroatoms. The van der Waals surface area contributed by atoms with Gasteiger partial charge in [0.05, 0.1) is 18.8 Å². The van der Waals surface area contributed by atoms with E-state index in [1.807, 2.05) is 0 Å². The summed E-state index contributed by atoms with van der Waals surface area (Å²) in [5, 5.41) is 2.57. The average Bonchev–Trinajstić information content (AvgIpc) is 3.41. The van der Waals surface area contributed by atoms with Gasteiger partial charge in [-0.3, -0.25) is 0 Å². The van der Waals surface area contributed by atoms with Gasteiger partial charge in [-0.25, -0.2) is 4.79 Å². The standard InChI is InChI=1S/C26H32O3Si/c1-15-10-17(3)24(18(4)11-15)30(25-19(5)12-16(2)13-20(25)6)14-22(26(27)28-7)23(29-30)21-8-9-21/h10-14,21,23H,8-9H2,1-7H3. The third-order valence-corrected chi connectivity index (χ3v) is 11.0. The molecule has 2 aliphatic rings. The predicted molar refractivity (Wildman–Crippen MR) is 124 cm³/mol. The van der Waals surface area contributed by atoms with Crippen LogP contribution in [-0.2, 0) is 14.0 Å². The molecule has 0 bridgehead atoms. The molecule has 30 heavy (non-hydrogen) atoms. The topological polar surface area (TPSA) is 35.5 Å². The van der Waals surface area contributed by atoms with E-state index in [-0.39, 0.29) is 12.1 Å². The van der Waals surface area contributed by atoms with Gasteiger partial charge in [-0.15, -0.1) is 0 Å². The van der Waals surface area contributed by atoms with E-state index < -0.39 is 8.32 Å². The molecule has 4 rings (SSSR count). The first kappa shape index (κ1) is 21.1. The number of benzene rings is 2. The Morgan fingerprint density at radius 1 is 0.867 bits per heavy atom. The molecule has 1 fully saturated rings. The molecule has 158 valence electrons. The molecule has 1 aliphatic carbocycles. The van der Waals surface area contributed by atoms with Crippen LogP contribution >= 0.6 is 0 Å². The molecular formula is C26H32O3Si. The second kappa shape index (κ2) is 7.51. The van der Waals surface area contributed by atoms with Crippen LogP contribution in [0.15, 0.2) is 35.5 Å². The van der Waals surface area contributed by atoms with E-state index in [9.17, 15) is 4.79 Å². The van der Waals surface area contributed by atoms with Gasteiger partial charge in [0.15, 0.2) is 0 Å². The van der Waals surface area contributed by atoms with Crippen LogP contribution in [0.25, 0.3) is 0 Å². The monoisotopic (exact) mass is 420 g/mol. The Hall–Kier alpha value is -2.17. The molecule has 2 aromatic carbocycles. The van der Waals surface area contributed by atoms with Crippen molar-refractivity contribution in [3.8, 4) is 0 Å². The van der Waals surface area contributed by atoms with E-state index in [0.717, 1.165) is 18.4 Å². The van der Waals surface area contributed by atoms with Gasteiger partial charge in [-0.1, -0.05) is 35.4 Å². The van der Waals surface area contributed by atoms with Crippen LogP contribution in [0, 0.1) is 47.5 Å². The summed E-state index contributed by atoms with van der Waals surface area (Å²) in [5.74, 6) is 0.174. The van der Waals surface area contributed by atoms with Crippen molar-refractivity contribution < 1.29 is 14.0 Å². The van der Waals surface area contributed by atoms with Crippen molar-refractivity contribution in [2.75, 3.05) is 7.11 Å². The lowest BCUT2D eigenvalue weighted by Gasteiger charge is -2.33. The average molecular weight is 421 g/mol. The van der Waals surface area contributed by atoms with Gasteiger partial charge in [0.25, 0.3) is 8.32 Å². The van der Waals surface area contributed by atoms with Crippen molar-refractivity contribution in [1.29, 1.82) is 0 Å². The summed E-state index contributed by atoms with van der Waals surface area (Å²) in [5.41, 5.74) is 10.4. The number of methoxy groups -OCH3 is 1. The van der Waals surface area contributed by atoms with E-state index in [1.54, 1.807) is 0 Å². The maximum atomic E-state index is 12.8. The van der Waals surface area contributed by atoms with Crippen LogP contribution in [-0.4, -0.2) is 27.5 Å². The zero-order chi connectivity index (χ0) is 21.8. The fraction of sp³-hybridized carbons (Fsp3) is 0.423. The summed E-state index contributed by atoms with van der Waals surface area (Å²) in [6, 6.07) is 8.98. The maximum absolute atomic E-state index is 12.8. The zero-order valence-electron chi connectivity index (χ0n) is 19.2. The summed E-state index contributed by atoms with van der Waals surface area (Å²) in [7, 11) is -1.33. The van der Waals surface area contributed by atoms with Crippen molar-refractivity contribution in [3.05, 3.63) is 68.9 Å². The Labute approximate surface area is 181 Å². The van der Waals surface area contributed by atoms with Gasteiger partial charge in [-0.05, 0) is 98.6 Å². The molecule has 0 radical (unpaired) electrons. The molecule has 3 nitrogen and oxygen atoms in total. The Morgan fingerprint density at radius 3 is 1.67 bits per heavy atom. The molecule has 1 heterocycles. The van der Waals surface area contributed by atoms with Gasteiger partial charge >= 0.3 is 5.97 Å². The van der Waals surface area contributed by atoms with Gasteiger partial charge in [0.1, 0.15) is 0 Å². The lowest BCUT2D eigenvalue weighted by atomic mass is 10.1. The Balaban J connectivity index is 2.06. The maximum Gasteiger partial charge on any atom is 0.335 e. The van der Waals surface area contributed by atoms with Crippen LogP contribution < -0.4 is 10.4 Å². The number of ether oxygens (including phenoxy) is 1. The fourth-order valence-corrected chi connectivity index (χ4v) is 10.5. The molecule has 1 atom stereocenters. The van der Waals surface area contributed by atoms with Gasteiger partial charge in [0.2, 0.25) is 0 Å². The predicted octanol–water partition coefficient (Wildman–Crippen LogP) is 4.04. The van der Waals surface area contributed by atoms with Crippen molar-refractivity contribution in [3.63, 3.8) is 0 Å². The molecule has 1 unspecified atom stereocenters. The summed E-state index contributed by atoms with van der Waals surface area (Å²) >= 11 is 0. The first-order valence-electron chi connectivity index (χ1n) is 10.8. The molecule has 0 aromatic heterocycles. The van der Waals surface area contributed by atoms with Crippen molar-refractivity contribution >= 4 is 24.7 Å². The highest BCUT2D eigenvalue weighted by Crippen LogP contribution is 2.43. The summed E-state index contributed by atoms with van der Waals surface area (Å²) in [4.78, 5) is 12.8. The highest BCUT2D eigenvalue weighted by atomic mass is 28.4. The number of carbonyl (C=O) groups excluding carboxylic acids is 1. The molecule has 0 spiro atoms. The lowest BCUT2D eigenvalue weighted by molar-refractivity contribution is -0.137. The van der Waals surface area contributed by atoms with Crippen molar-refractivity contribution in [1.82, 2.24) is 0 Å². The van der Waals surface area contributed by atoms with Gasteiger partial charge in [-0.2, -0.15) is 0 Å². The SMILES string of the molecule is COC(=O)C1=C[Si](c2c(C)cc(C)cc2C)(c2c(C)cc(C)cc2C)OC1C1CC1. The fourth-order valence-electron chi connectivity index (χ4n) is 5.56. The Kier molecular flexibility index (Phi) is 5.27. The molecule has 1 aliphatic heterocycles. The highest BCUT2D eigenvalue weighted by molar-refractivity contribution is 7.03. The van der Waals surface area contributed by atoms with Crippen LogP contribution in [0.3, 0.4) is 0 Å². The normalized spacial score (nSPS) is 20.2. The van der Waals surface area contributed by atoms with Crippen LogP contribution in [0.5, 0.6) is 0 Å². The van der Waals surface area contributed by atoms with Gasteiger partial charge < -0.3 is 9.16 Å². The largest absolute Gasteiger partial charge is 0.466 e. The summed E-state index contributed by atoms with van der Waals surface area (Å²) in [6.45, 7) is 13.0. The lowest BCUT2D eigenvalue weighted by Crippen LogP contribution is -2.62. The first-order valence-corrected chi connectivity index (χ1v) is 12.8. The Bertz CT molecular complexity index is 958. The summed E-state index contributed by atoms with van der Waals surface area (Å²) < 4.78 is 12.3. The van der Waals surface area contributed by atoms with Crippen molar-refractivity contribution in [2.45, 2.75) is 60.5 Å². The van der Waals surface area contributed by atoms with Crippen LogP contribution in [0.4, 0.5) is 0 Å². The highest BCUT2D eigenvalue weighted by Gasteiger charge is 2.54. The number of carbonyl (C=O) groups is 1. The van der Waals surface area contributed by atoms with E-state index in [0.29, 0.717) is 5.92 Å². The van der Waals surface area contributed by atoms with E-state index in [1.165, 1.54) is 50.9 Å². The first-order chi connectivity index (χ1) is 14.2. The Morgan fingerprint density at radius 2 is 1.30 bits per heavy atom. The number of hydrogen-bond donors (Lipinski definition) is 0. The second-order valence-electron chi connectivity index (χ2n) is 9.25. The molecule has 1 saturated carbocycles. The number of esters is 1. The van der Waals surface area contributed by atoms with E-state index >= 15 is 0 Å². The van der Waals surface area contributed by atoms with Crippen LogP contribution in [0.2, 0.25) is 0 Å². The van der Waals surface area contributed by atoms with Crippen LogP contribution in [0.1, 0.15) is 46.2 Å². The number of hydrogen-bond acceptors (Lipinski definition) is 3. The molecule has 2 aromatic rings. The number of rotatable bonds is 4. The van der Waals surface area contributed by atoms with Gasteiger partial charge in [0, 0.05) is 0 Å². The minimum atomic E-state index is -2.80. The van der Waals surface area contributed by atoms with E-state index in [4.69, 9.17) is 9.16 Å². The number of aryl methyl sites for hydroxylation is 6. The smallest absolute Gasteiger partial charge is 0.335 e. The molecule has 0 saturated heterocycles. The minimum Gasteiger partial charge on any atom is -0.466 e. The zero-order valence-corrected chi connectivity index (χ0v) is 20.2. The quantitative estimate of drug-likeness (QED) is 0.553. The molecule has 0 N–H and O–H groups in total. The molecule has 0 amide bonds. The van der Waals surface area contributed by atoms with Crippen molar-refractivity contribution in [2.24, 2.45) is 5.92 Å².